The topological polar surface area (TPSA) is 35.5 Å². The second-order valence-electron chi connectivity index (χ2n) is 11.1. The molecule has 1 aliphatic heterocycles. The summed E-state index contributed by atoms with van der Waals surface area (Å²) < 4.78 is 12.7. The third kappa shape index (κ3) is 13.3. The molecule has 1 aromatic carbocycles. The Balaban J connectivity index is 2.13. The quantitative estimate of drug-likeness (QED) is 0.272. The van der Waals surface area contributed by atoms with E-state index in [1.54, 1.807) is 0 Å². The van der Waals surface area contributed by atoms with Gasteiger partial charge < -0.3 is 9.16 Å². The van der Waals surface area contributed by atoms with Gasteiger partial charge in [-0.1, -0.05) is 121 Å². The zero-order valence-corrected chi connectivity index (χ0v) is 25.4. The van der Waals surface area contributed by atoms with E-state index in [-0.39, 0.29) is 12.1 Å². The van der Waals surface area contributed by atoms with Gasteiger partial charge in [0.2, 0.25) is 0 Å². The lowest BCUT2D eigenvalue weighted by atomic mass is 9.95. The van der Waals surface area contributed by atoms with Gasteiger partial charge in [-0.05, 0) is 61.4 Å². The molecule has 0 spiro atoms. The Morgan fingerprint density at radius 3 is 1.92 bits per heavy atom. The molecule has 1 fully saturated rings. The maximum atomic E-state index is 11.9. The number of ether oxygens (including phenoxy) is 1. The molecule has 0 bridgehead atoms. The first-order chi connectivity index (χ1) is 18.1. The van der Waals surface area contributed by atoms with E-state index in [0.717, 1.165) is 32.1 Å². The van der Waals surface area contributed by atoms with Crippen LogP contribution < -0.4 is 0 Å². The molecule has 1 unspecified atom stereocenters. The molecule has 4 heteroatoms. The molecule has 210 valence electrons. The molecule has 1 aromatic rings. The Morgan fingerprint density at radius 1 is 0.757 bits per heavy atom. The Morgan fingerprint density at radius 2 is 1.30 bits per heavy atom. The van der Waals surface area contributed by atoms with E-state index in [1.165, 1.54) is 93.5 Å². The van der Waals surface area contributed by atoms with E-state index in [1.807, 2.05) is 0 Å². The maximum absolute atomic E-state index is 11.9. The molecule has 3 nitrogen and oxygen atoms in total. The minimum atomic E-state index is -1.71. The van der Waals surface area contributed by atoms with Crippen LogP contribution in [0.15, 0.2) is 35.9 Å². The van der Waals surface area contributed by atoms with Crippen LogP contribution in [0.3, 0.4) is 0 Å². The molecule has 0 N–H and O–H groups in total. The normalized spacial score (nSPS) is 22.2. The fourth-order valence-corrected chi connectivity index (χ4v) is 8.46. The molecule has 37 heavy (non-hydrogen) atoms. The molecule has 1 aliphatic rings. The van der Waals surface area contributed by atoms with Gasteiger partial charge in [0.05, 0.1) is 12.7 Å². The summed E-state index contributed by atoms with van der Waals surface area (Å²) in [6.45, 7) is 7.66. The summed E-state index contributed by atoms with van der Waals surface area (Å²) in [6.07, 6.45) is 21.1. The number of esters is 1. The van der Waals surface area contributed by atoms with Crippen molar-refractivity contribution in [3.8, 4) is 0 Å². The average Bonchev–Trinajstić information content (AvgIpc) is 2.92. The number of rotatable bonds is 6. The Labute approximate surface area is 229 Å². The van der Waals surface area contributed by atoms with Crippen LogP contribution >= 0.6 is 0 Å². The smallest absolute Gasteiger partial charge is 0.305 e. The molecule has 0 amide bonds. The predicted octanol–water partition coefficient (Wildman–Crippen LogP) is 10.3. The highest BCUT2D eigenvalue weighted by Crippen LogP contribution is 2.31. The minimum Gasteiger partial charge on any atom is -0.466 e. The van der Waals surface area contributed by atoms with E-state index in [0.29, 0.717) is 13.0 Å². The predicted molar refractivity (Wildman–Crippen MR) is 161 cm³/mol. The average molecular weight is 529 g/mol. The van der Waals surface area contributed by atoms with E-state index in [2.05, 4.69) is 57.2 Å². The van der Waals surface area contributed by atoms with Crippen molar-refractivity contribution in [2.45, 2.75) is 148 Å². The molecule has 0 aromatic heterocycles. The molecule has 0 aliphatic carbocycles. The fourth-order valence-electron chi connectivity index (χ4n) is 5.59. The van der Waals surface area contributed by atoms with Crippen molar-refractivity contribution in [1.82, 2.24) is 0 Å². The molecular formula is C33H56O3Si. The van der Waals surface area contributed by atoms with Gasteiger partial charge in [0.1, 0.15) is 0 Å². The standard InChI is InChI=1S/C33H56O3Si/c1-4-37(5-2,6-3)36-32-26-20-13-9-10-14-21-27-33(34)35-28-22-15-11-7-8-12-19-25-31(32)29-30-23-17-16-18-24-30/h16-18,23-24,29,32H,4-15,19-22,25-28H2,1-3H3/b31-29+. The van der Waals surface area contributed by atoms with Gasteiger partial charge in [0.15, 0.2) is 8.32 Å². The van der Waals surface area contributed by atoms with Crippen molar-refractivity contribution >= 4 is 20.4 Å². The first-order valence-electron chi connectivity index (χ1n) is 15.7. The molecule has 2 rings (SSSR count). The molecule has 1 atom stereocenters. The molecular weight excluding hydrogens is 472 g/mol. The number of carbonyl (C=O) groups is 1. The van der Waals surface area contributed by atoms with Crippen molar-refractivity contribution < 1.29 is 14.0 Å². The van der Waals surface area contributed by atoms with Gasteiger partial charge in [0.25, 0.3) is 0 Å². The Hall–Kier alpha value is -1.39. The van der Waals surface area contributed by atoms with Crippen LogP contribution in [-0.2, 0) is 14.0 Å². The second-order valence-corrected chi connectivity index (χ2v) is 15.8. The molecule has 0 saturated carbocycles. The highest BCUT2D eigenvalue weighted by Gasteiger charge is 2.33. The van der Waals surface area contributed by atoms with Crippen LogP contribution in [-0.4, -0.2) is 27.0 Å². The second kappa shape index (κ2) is 19.6. The summed E-state index contributed by atoms with van der Waals surface area (Å²) >= 11 is 0. The van der Waals surface area contributed by atoms with Crippen molar-refractivity contribution in [2.24, 2.45) is 0 Å². The first kappa shape index (κ1) is 31.8. The summed E-state index contributed by atoms with van der Waals surface area (Å²) in [5.74, 6) is -0.000891. The molecule has 1 heterocycles. The van der Waals surface area contributed by atoms with Crippen molar-refractivity contribution in [2.75, 3.05) is 6.61 Å². The SMILES string of the molecule is CC[Si](CC)(CC)OC1CCCCCCCCC(=O)OCCCCCCCCC/C1=C\c1ccccc1. The summed E-state index contributed by atoms with van der Waals surface area (Å²) in [7, 11) is -1.71. The van der Waals surface area contributed by atoms with Gasteiger partial charge in [-0.2, -0.15) is 0 Å². The summed E-state index contributed by atoms with van der Waals surface area (Å²) in [5, 5.41) is 0. The largest absolute Gasteiger partial charge is 0.466 e. The Bertz CT molecular complexity index is 733. The lowest BCUT2D eigenvalue weighted by molar-refractivity contribution is -0.143. The van der Waals surface area contributed by atoms with Crippen LogP contribution in [0, 0.1) is 0 Å². The van der Waals surface area contributed by atoms with Crippen LogP contribution in [0.4, 0.5) is 0 Å². The van der Waals surface area contributed by atoms with Crippen LogP contribution in [0.25, 0.3) is 6.08 Å². The van der Waals surface area contributed by atoms with E-state index >= 15 is 0 Å². The van der Waals surface area contributed by atoms with Crippen molar-refractivity contribution in [3.05, 3.63) is 41.5 Å². The summed E-state index contributed by atoms with van der Waals surface area (Å²) in [6, 6.07) is 14.5. The number of carbonyl (C=O) groups excluding carboxylic acids is 1. The highest BCUT2D eigenvalue weighted by molar-refractivity contribution is 6.73. The van der Waals surface area contributed by atoms with Gasteiger partial charge in [0, 0.05) is 6.42 Å². The molecule has 0 radical (unpaired) electrons. The first-order valence-corrected chi connectivity index (χ1v) is 18.2. The van der Waals surface area contributed by atoms with Crippen LogP contribution in [0.1, 0.15) is 129 Å². The monoisotopic (exact) mass is 528 g/mol. The van der Waals surface area contributed by atoms with Gasteiger partial charge in [-0.15, -0.1) is 0 Å². The van der Waals surface area contributed by atoms with Gasteiger partial charge >= 0.3 is 5.97 Å². The van der Waals surface area contributed by atoms with E-state index < -0.39 is 8.32 Å². The maximum Gasteiger partial charge on any atom is 0.305 e. The number of hydrogen-bond acceptors (Lipinski definition) is 3. The van der Waals surface area contributed by atoms with Gasteiger partial charge in [-0.3, -0.25) is 4.79 Å². The lowest BCUT2D eigenvalue weighted by Crippen LogP contribution is -2.40. The summed E-state index contributed by atoms with van der Waals surface area (Å²) in [5.41, 5.74) is 2.84. The molecule has 1 saturated heterocycles. The number of hydrogen-bond donors (Lipinski definition) is 0. The van der Waals surface area contributed by atoms with Gasteiger partial charge in [-0.25, -0.2) is 0 Å². The zero-order valence-electron chi connectivity index (χ0n) is 24.4. The number of cyclic esters (lactones) is 1. The fraction of sp³-hybridized carbons (Fsp3) is 0.727. The van der Waals surface area contributed by atoms with Crippen molar-refractivity contribution in [1.29, 1.82) is 0 Å². The lowest BCUT2D eigenvalue weighted by Gasteiger charge is -2.35. The van der Waals surface area contributed by atoms with E-state index in [9.17, 15) is 4.79 Å². The highest BCUT2D eigenvalue weighted by atomic mass is 28.4. The third-order valence-electron chi connectivity index (χ3n) is 8.36. The summed E-state index contributed by atoms with van der Waals surface area (Å²) in [4.78, 5) is 11.9. The third-order valence-corrected chi connectivity index (χ3v) is 13.0. The van der Waals surface area contributed by atoms with Crippen molar-refractivity contribution in [3.63, 3.8) is 0 Å². The number of benzene rings is 1. The minimum absolute atomic E-state index is 0.000891. The Kier molecular flexibility index (Phi) is 16.9. The van der Waals surface area contributed by atoms with Crippen LogP contribution in [0.5, 0.6) is 0 Å². The van der Waals surface area contributed by atoms with E-state index in [4.69, 9.17) is 9.16 Å². The zero-order chi connectivity index (χ0) is 26.6. The van der Waals surface area contributed by atoms with Crippen LogP contribution in [0.2, 0.25) is 18.1 Å².